The van der Waals surface area contributed by atoms with Gasteiger partial charge in [-0.3, -0.25) is 10.1 Å². The second-order valence-electron chi connectivity index (χ2n) is 5.74. The Bertz CT molecular complexity index is 716. The van der Waals surface area contributed by atoms with Gasteiger partial charge in [0, 0.05) is 6.54 Å². The van der Waals surface area contributed by atoms with Gasteiger partial charge < -0.3 is 5.32 Å². The predicted molar refractivity (Wildman–Crippen MR) is 100 cm³/mol. The number of thioether (sulfide) groups is 1. The van der Waals surface area contributed by atoms with E-state index in [0.29, 0.717) is 11.7 Å². The third kappa shape index (κ3) is 6.14. The highest BCUT2D eigenvalue weighted by molar-refractivity contribution is 7.99. The summed E-state index contributed by atoms with van der Waals surface area (Å²) in [6.07, 6.45) is 4.18. The van der Waals surface area contributed by atoms with Crippen LogP contribution in [0.2, 0.25) is 0 Å². The minimum atomic E-state index is -0.486. The summed E-state index contributed by atoms with van der Waals surface area (Å²) in [4.78, 5) is 23.3. The summed E-state index contributed by atoms with van der Waals surface area (Å²) in [6, 6.07) is 7.56. The SMILES string of the molecule is CCCCc1ccc(-n2nnnc2SCC(=O)NC(=O)NCCC)cc1. The van der Waals surface area contributed by atoms with E-state index in [-0.39, 0.29) is 5.75 Å². The zero-order valence-corrected chi connectivity index (χ0v) is 15.9. The minimum Gasteiger partial charge on any atom is -0.338 e. The summed E-state index contributed by atoms with van der Waals surface area (Å²) in [6.45, 7) is 4.63. The molecule has 2 N–H and O–H groups in total. The number of amides is 3. The fraction of sp³-hybridized carbons (Fsp3) is 0.471. The number of carbonyl (C=O) groups excluding carboxylic acids is 2. The van der Waals surface area contributed by atoms with Crippen LogP contribution in [0.1, 0.15) is 38.7 Å². The molecule has 1 heterocycles. The van der Waals surface area contributed by atoms with Gasteiger partial charge in [0.15, 0.2) is 0 Å². The lowest BCUT2D eigenvalue weighted by Gasteiger charge is -2.07. The number of hydrogen-bond acceptors (Lipinski definition) is 6. The Labute approximate surface area is 157 Å². The third-order valence-corrected chi connectivity index (χ3v) is 4.48. The molecule has 9 heteroatoms. The Morgan fingerprint density at radius 2 is 1.92 bits per heavy atom. The van der Waals surface area contributed by atoms with E-state index in [4.69, 9.17) is 0 Å². The molecule has 8 nitrogen and oxygen atoms in total. The molecular weight excluding hydrogens is 352 g/mol. The lowest BCUT2D eigenvalue weighted by Crippen LogP contribution is -2.40. The van der Waals surface area contributed by atoms with E-state index in [1.807, 2.05) is 19.1 Å². The highest BCUT2D eigenvalue weighted by Gasteiger charge is 2.13. The average molecular weight is 376 g/mol. The highest BCUT2D eigenvalue weighted by Crippen LogP contribution is 2.18. The van der Waals surface area contributed by atoms with E-state index >= 15 is 0 Å². The van der Waals surface area contributed by atoms with Crippen LogP contribution in [0.4, 0.5) is 4.79 Å². The molecule has 2 aromatic rings. The van der Waals surface area contributed by atoms with Crippen molar-refractivity contribution in [3.8, 4) is 5.69 Å². The van der Waals surface area contributed by atoms with Crippen molar-refractivity contribution in [2.24, 2.45) is 0 Å². The number of urea groups is 1. The molecule has 26 heavy (non-hydrogen) atoms. The molecule has 0 aliphatic heterocycles. The fourth-order valence-corrected chi connectivity index (χ4v) is 2.88. The first kappa shape index (κ1) is 19.9. The van der Waals surface area contributed by atoms with Gasteiger partial charge >= 0.3 is 6.03 Å². The van der Waals surface area contributed by atoms with Crippen LogP contribution in [-0.4, -0.2) is 44.4 Å². The number of benzene rings is 1. The molecule has 0 spiro atoms. The van der Waals surface area contributed by atoms with Crippen LogP contribution in [0.3, 0.4) is 0 Å². The van der Waals surface area contributed by atoms with Gasteiger partial charge in [-0.2, -0.15) is 4.68 Å². The summed E-state index contributed by atoms with van der Waals surface area (Å²) < 4.78 is 1.58. The number of rotatable bonds is 9. The molecule has 0 bridgehead atoms. The Balaban J connectivity index is 1.91. The maximum absolute atomic E-state index is 11.8. The number of nitrogens with one attached hydrogen (secondary N) is 2. The first-order chi connectivity index (χ1) is 12.6. The van der Waals surface area contributed by atoms with Crippen molar-refractivity contribution < 1.29 is 9.59 Å². The van der Waals surface area contributed by atoms with Crippen LogP contribution in [0.25, 0.3) is 5.69 Å². The van der Waals surface area contributed by atoms with Crippen molar-refractivity contribution in [2.45, 2.75) is 44.7 Å². The maximum Gasteiger partial charge on any atom is 0.321 e. The zero-order chi connectivity index (χ0) is 18.8. The molecule has 1 aromatic heterocycles. The van der Waals surface area contributed by atoms with Crippen LogP contribution in [0.5, 0.6) is 0 Å². The second-order valence-corrected chi connectivity index (χ2v) is 6.68. The number of unbranched alkanes of at least 4 members (excludes halogenated alkanes) is 1. The standard InChI is InChI=1S/C17H24N6O2S/c1-3-5-6-13-7-9-14(10-8-13)23-17(20-21-22-23)26-12-15(24)19-16(25)18-11-4-2/h7-10H,3-6,11-12H2,1-2H3,(H2,18,19,24,25). The number of hydrogen-bond donors (Lipinski definition) is 2. The van der Waals surface area contributed by atoms with Gasteiger partial charge in [-0.25, -0.2) is 4.79 Å². The third-order valence-electron chi connectivity index (χ3n) is 3.56. The monoisotopic (exact) mass is 376 g/mol. The van der Waals surface area contributed by atoms with Gasteiger partial charge in [-0.05, 0) is 47.4 Å². The van der Waals surface area contributed by atoms with E-state index in [1.165, 1.54) is 17.3 Å². The summed E-state index contributed by atoms with van der Waals surface area (Å²) in [5.74, 6) is -0.345. The highest BCUT2D eigenvalue weighted by atomic mass is 32.2. The molecule has 0 saturated heterocycles. The van der Waals surface area contributed by atoms with Crippen molar-refractivity contribution in [3.05, 3.63) is 29.8 Å². The van der Waals surface area contributed by atoms with Crippen molar-refractivity contribution in [1.82, 2.24) is 30.8 Å². The normalized spacial score (nSPS) is 10.5. The van der Waals surface area contributed by atoms with Gasteiger partial charge in [0.25, 0.3) is 0 Å². The first-order valence-corrected chi connectivity index (χ1v) is 9.70. The van der Waals surface area contributed by atoms with Gasteiger partial charge in [0.1, 0.15) is 0 Å². The lowest BCUT2D eigenvalue weighted by molar-refractivity contribution is -0.117. The number of imide groups is 1. The van der Waals surface area contributed by atoms with E-state index in [0.717, 1.165) is 31.4 Å². The quantitative estimate of drug-likeness (QED) is 0.651. The summed E-state index contributed by atoms with van der Waals surface area (Å²) in [7, 11) is 0. The number of aryl methyl sites for hydroxylation is 1. The Hall–Kier alpha value is -2.42. The zero-order valence-electron chi connectivity index (χ0n) is 15.1. The number of aromatic nitrogens is 4. The molecule has 0 saturated carbocycles. The topological polar surface area (TPSA) is 102 Å². The molecule has 1 aromatic carbocycles. The molecule has 0 aliphatic carbocycles. The molecule has 0 unspecified atom stereocenters. The molecule has 0 fully saturated rings. The largest absolute Gasteiger partial charge is 0.338 e. The fourth-order valence-electron chi connectivity index (χ4n) is 2.19. The molecular formula is C17H24N6O2S. The Morgan fingerprint density at radius 1 is 1.15 bits per heavy atom. The molecule has 0 radical (unpaired) electrons. The predicted octanol–water partition coefficient (Wildman–Crippen LogP) is 2.33. The van der Waals surface area contributed by atoms with E-state index in [1.54, 1.807) is 4.68 Å². The van der Waals surface area contributed by atoms with Crippen molar-refractivity contribution >= 4 is 23.7 Å². The van der Waals surface area contributed by atoms with Crippen molar-refractivity contribution in [3.63, 3.8) is 0 Å². The van der Waals surface area contributed by atoms with Crippen LogP contribution >= 0.6 is 11.8 Å². The Morgan fingerprint density at radius 3 is 2.62 bits per heavy atom. The maximum atomic E-state index is 11.8. The number of tetrazole rings is 1. The van der Waals surface area contributed by atoms with Crippen molar-refractivity contribution in [1.29, 1.82) is 0 Å². The molecule has 140 valence electrons. The molecule has 0 aliphatic rings. The Kier molecular flexibility index (Phi) is 8.07. The van der Waals surface area contributed by atoms with Gasteiger partial charge in [-0.15, -0.1) is 5.10 Å². The van der Waals surface area contributed by atoms with Crippen molar-refractivity contribution in [2.75, 3.05) is 12.3 Å². The summed E-state index contributed by atoms with van der Waals surface area (Å²) in [5, 5.41) is 17.0. The smallest absolute Gasteiger partial charge is 0.321 e. The van der Waals surface area contributed by atoms with Crippen LogP contribution in [0.15, 0.2) is 29.4 Å². The van der Waals surface area contributed by atoms with Crippen LogP contribution in [-0.2, 0) is 11.2 Å². The average Bonchev–Trinajstić information content (AvgIpc) is 3.12. The number of carbonyl (C=O) groups is 2. The van der Waals surface area contributed by atoms with E-state index in [9.17, 15) is 9.59 Å². The van der Waals surface area contributed by atoms with Crippen LogP contribution < -0.4 is 10.6 Å². The number of nitrogens with zero attached hydrogens (tertiary/aromatic N) is 4. The molecule has 0 atom stereocenters. The van der Waals surface area contributed by atoms with Gasteiger partial charge in [0.2, 0.25) is 11.1 Å². The van der Waals surface area contributed by atoms with E-state index in [2.05, 4.69) is 45.2 Å². The van der Waals surface area contributed by atoms with E-state index < -0.39 is 11.9 Å². The van der Waals surface area contributed by atoms with Gasteiger partial charge in [0.05, 0.1) is 11.4 Å². The summed E-state index contributed by atoms with van der Waals surface area (Å²) in [5.41, 5.74) is 2.11. The summed E-state index contributed by atoms with van der Waals surface area (Å²) >= 11 is 1.18. The second kappa shape index (κ2) is 10.5. The van der Waals surface area contributed by atoms with Gasteiger partial charge in [-0.1, -0.05) is 44.2 Å². The first-order valence-electron chi connectivity index (χ1n) is 8.72. The minimum absolute atomic E-state index is 0.0501. The van der Waals surface area contributed by atoms with Crippen LogP contribution in [0, 0.1) is 0 Å². The lowest BCUT2D eigenvalue weighted by atomic mass is 10.1. The molecule has 2 rings (SSSR count). The molecule has 3 amide bonds.